The van der Waals surface area contributed by atoms with Crippen molar-refractivity contribution in [3.05, 3.63) is 34.9 Å². The molecule has 1 aromatic rings. The van der Waals surface area contributed by atoms with E-state index in [9.17, 15) is 0 Å². The zero-order valence-corrected chi connectivity index (χ0v) is 10.3. The van der Waals surface area contributed by atoms with Crippen molar-refractivity contribution in [3.63, 3.8) is 0 Å². The van der Waals surface area contributed by atoms with Gasteiger partial charge in [-0.15, -0.1) is 0 Å². The first-order chi connectivity index (χ1) is 7.29. The fourth-order valence-electron chi connectivity index (χ4n) is 1.87. The molecule has 0 saturated heterocycles. The Kier molecular flexibility index (Phi) is 5.74. The molecule has 2 heteroatoms. The van der Waals surface area contributed by atoms with Crippen LogP contribution in [-0.2, 0) is 0 Å². The van der Waals surface area contributed by atoms with E-state index in [-0.39, 0.29) is 0 Å². The molecule has 0 radical (unpaired) electrons. The van der Waals surface area contributed by atoms with Crippen LogP contribution in [-0.4, -0.2) is 13.6 Å². The topological polar surface area (TPSA) is 12.0 Å². The van der Waals surface area contributed by atoms with Gasteiger partial charge in [0.05, 0.1) is 0 Å². The third kappa shape index (κ3) is 3.84. The summed E-state index contributed by atoms with van der Waals surface area (Å²) in [5, 5.41) is 4.14. The molecule has 0 aliphatic carbocycles. The van der Waals surface area contributed by atoms with Gasteiger partial charge in [0.2, 0.25) is 0 Å². The SMILES string of the molecule is CCCCC(CNC)c1ccccc1Cl. The van der Waals surface area contributed by atoms with Crippen LogP contribution >= 0.6 is 11.6 Å². The van der Waals surface area contributed by atoms with Gasteiger partial charge in [0.15, 0.2) is 0 Å². The molecule has 0 aromatic heterocycles. The van der Waals surface area contributed by atoms with Crippen molar-refractivity contribution < 1.29 is 0 Å². The summed E-state index contributed by atoms with van der Waals surface area (Å²) < 4.78 is 0. The predicted molar refractivity (Wildman–Crippen MR) is 67.6 cm³/mol. The Bertz CT molecular complexity index is 286. The Morgan fingerprint density at radius 1 is 1.33 bits per heavy atom. The fourth-order valence-corrected chi connectivity index (χ4v) is 2.16. The van der Waals surface area contributed by atoms with Crippen molar-refractivity contribution in [2.45, 2.75) is 32.1 Å². The first-order valence-corrected chi connectivity index (χ1v) is 6.06. The molecule has 1 N–H and O–H groups in total. The van der Waals surface area contributed by atoms with E-state index in [0.29, 0.717) is 5.92 Å². The van der Waals surface area contributed by atoms with Crippen molar-refractivity contribution in [3.8, 4) is 0 Å². The van der Waals surface area contributed by atoms with Crippen LogP contribution in [0.4, 0.5) is 0 Å². The molecule has 1 rings (SSSR count). The number of likely N-dealkylation sites (N-methyl/N-ethyl adjacent to an activating group) is 1. The van der Waals surface area contributed by atoms with Gasteiger partial charge in [-0.3, -0.25) is 0 Å². The van der Waals surface area contributed by atoms with Gasteiger partial charge in [-0.25, -0.2) is 0 Å². The van der Waals surface area contributed by atoms with Gasteiger partial charge >= 0.3 is 0 Å². The van der Waals surface area contributed by atoms with E-state index in [2.05, 4.69) is 24.4 Å². The molecule has 1 nitrogen and oxygen atoms in total. The molecule has 0 amide bonds. The Balaban J connectivity index is 2.74. The van der Waals surface area contributed by atoms with Crippen molar-refractivity contribution in [1.29, 1.82) is 0 Å². The van der Waals surface area contributed by atoms with Gasteiger partial charge in [0.1, 0.15) is 0 Å². The second-order valence-corrected chi connectivity index (χ2v) is 4.33. The molecule has 0 aliphatic heterocycles. The molecule has 0 saturated carbocycles. The van der Waals surface area contributed by atoms with Crippen LogP contribution in [0.3, 0.4) is 0 Å². The predicted octanol–water partition coefficient (Wildman–Crippen LogP) is 3.83. The van der Waals surface area contributed by atoms with Crippen LogP contribution in [0.15, 0.2) is 24.3 Å². The molecule has 0 spiro atoms. The molecule has 1 unspecified atom stereocenters. The van der Waals surface area contributed by atoms with E-state index in [1.807, 2.05) is 19.2 Å². The largest absolute Gasteiger partial charge is 0.319 e. The summed E-state index contributed by atoms with van der Waals surface area (Å²) in [6.45, 7) is 3.23. The average molecular weight is 226 g/mol. The molecular formula is C13H20ClN. The highest BCUT2D eigenvalue weighted by atomic mass is 35.5. The minimum atomic E-state index is 0.545. The molecule has 0 heterocycles. The van der Waals surface area contributed by atoms with Crippen LogP contribution < -0.4 is 5.32 Å². The van der Waals surface area contributed by atoms with Gasteiger partial charge in [0, 0.05) is 11.6 Å². The van der Waals surface area contributed by atoms with E-state index in [1.54, 1.807) is 0 Å². The third-order valence-corrected chi connectivity index (χ3v) is 3.05. The van der Waals surface area contributed by atoms with Crippen molar-refractivity contribution in [2.75, 3.05) is 13.6 Å². The molecule has 0 aliphatic rings. The van der Waals surface area contributed by atoms with Crippen molar-refractivity contribution in [1.82, 2.24) is 5.32 Å². The minimum Gasteiger partial charge on any atom is -0.319 e. The van der Waals surface area contributed by atoms with Gasteiger partial charge in [-0.1, -0.05) is 49.6 Å². The van der Waals surface area contributed by atoms with Crippen LogP contribution in [0.25, 0.3) is 0 Å². The minimum absolute atomic E-state index is 0.545. The summed E-state index contributed by atoms with van der Waals surface area (Å²) in [5.74, 6) is 0.545. The summed E-state index contributed by atoms with van der Waals surface area (Å²) >= 11 is 6.21. The molecule has 1 atom stereocenters. The highest BCUT2D eigenvalue weighted by molar-refractivity contribution is 6.31. The molecule has 0 fully saturated rings. The van der Waals surface area contributed by atoms with Crippen molar-refractivity contribution in [2.24, 2.45) is 0 Å². The first kappa shape index (κ1) is 12.5. The van der Waals surface area contributed by atoms with E-state index in [0.717, 1.165) is 11.6 Å². The van der Waals surface area contributed by atoms with E-state index in [1.165, 1.54) is 24.8 Å². The number of unbranched alkanes of at least 4 members (excludes halogenated alkanes) is 1. The van der Waals surface area contributed by atoms with E-state index < -0.39 is 0 Å². The number of rotatable bonds is 6. The molecule has 1 aromatic carbocycles. The average Bonchev–Trinajstić information content (AvgIpc) is 2.25. The maximum atomic E-state index is 6.21. The Morgan fingerprint density at radius 2 is 2.07 bits per heavy atom. The Labute approximate surface area is 97.8 Å². The lowest BCUT2D eigenvalue weighted by Gasteiger charge is -2.17. The van der Waals surface area contributed by atoms with Crippen LogP contribution in [0, 0.1) is 0 Å². The lowest BCUT2D eigenvalue weighted by molar-refractivity contribution is 0.555. The van der Waals surface area contributed by atoms with Gasteiger partial charge in [0.25, 0.3) is 0 Å². The monoisotopic (exact) mass is 225 g/mol. The summed E-state index contributed by atoms with van der Waals surface area (Å²) in [6, 6.07) is 8.17. The van der Waals surface area contributed by atoms with Gasteiger partial charge in [-0.05, 0) is 31.0 Å². The second-order valence-electron chi connectivity index (χ2n) is 3.92. The number of hydrogen-bond donors (Lipinski definition) is 1. The lowest BCUT2D eigenvalue weighted by atomic mass is 9.93. The lowest BCUT2D eigenvalue weighted by Crippen LogP contribution is -2.17. The van der Waals surface area contributed by atoms with Crippen LogP contribution in [0.2, 0.25) is 5.02 Å². The standard InChI is InChI=1S/C13H20ClN/c1-3-4-7-11(10-15-2)12-8-5-6-9-13(12)14/h5-6,8-9,11,15H,3-4,7,10H2,1-2H3. The Hall–Kier alpha value is -0.530. The molecule has 84 valence electrons. The number of nitrogens with one attached hydrogen (secondary N) is 1. The summed E-state index contributed by atoms with van der Waals surface area (Å²) in [6.07, 6.45) is 3.71. The number of halogens is 1. The van der Waals surface area contributed by atoms with Crippen molar-refractivity contribution >= 4 is 11.6 Å². The summed E-state index contributed by atoms with van der Waals surface area (Å²) in [4.78, 5) is 0. The molecule has 0 bridgehead atoms. The molecular weight excluding hydrogens is 206 g/mol. The number of benzene rings is 1. The molecule has 15 heavy (non-hydrogen) atoms. The van der Waals surface area contributed by atoms with Gasteiger partial charge < -0.3 is 5.32 Å². The second kappa shape index (κ2) is 6.86. The zero-order chi connectivity index (χ0) is 11.1. The van der Waals surface area contributed by atoms with Crippen LogP contribution in [0.1, 0.15) is 37.7 Å². The quantitative estimate of drug-likeness (QED) is 0.776. The summed E-state index contributed by atoms with van der Waals surface area (Å²) in [5.41, 5.74) is 1.28. The Morgan fingerprint density at radius 3 is 2.67 bits per heavy atom. The summed E-state index contributed by atoms with van der Waals surface area (Å²) in [7, 11) is 2.00. The maximum absolute atomic E-state index is 6.21. The maximum Gasteiger partial charge on any atom is 0.0441 e. The van der Waals surface area contributed by atoms with E-state index in [4.69, 9.17) is 11.6 Å². The normalized spacial score (nSPS) is 12.7. The smallest absolute Gasteiger partial charge is 0.0441 e. The first-order valence-electron chi connectivity index (χ1n) is 5.68. The number of hydrogen-bond acceptors (Lipinski definition) is 1. The third-order valence-electron chi connectivity index (χ3n) is 2.70. The fraction of sp³-hybridized carbons (Fsp3) is 0.538. The van der Waals surface area contributed by atoms with E-state index >= 15 is 0 Å². The van der Waals surface area contributed by atoms with Gasteiger partial charge in [-0.2, -0.15) is 0 Å². The highest BCUT2D eigenvalue weighted by Gasteiger charge is 2.12. The highest BCUT2D eigenvalue weighted by Crippen LogP contribution is 2.27. The zero-order valence-electron chi connectivity index (χ0n) is 9.59. The van der Waals surface area contributed by atoms with Crippen LogP contribution in [0.5, 0.6) is 0 Å².